The van der Waals surface area contributed by atoms with Gasteiger partial charge in [-0.25, -0.2) is 4.39 Å². The third-order valence-corrected chi connectivity index (χ3v) is 2.62. The monoisotopic (exact) mass is 212 g/mol. The van der Waals surface area contributed by atoms with Crippen molar-refractivity contribution in [1.29, 1.82) is 0 Å². The fourth-order valence-electron chi connectivity index (χ4n) is 1.23. The molecule has 0 aliphatic carbocycles. The highest BCUT2D eigenvalue weighted by Crippen LogP contribution is 2.18. The summed E-state index contributed by atoms with van der Waals surface area (Å²) in [5, 5.41) is 9.94. The number of benzene rings is 1. The lowest BCUT2D eigenvalue weighted by atomic mass is 9.99. The molecule has 0 aromatic heterocycles. The average molecular weight is 212 g/mol. The second-order valence-electron chi connectivity index (χ2n) is 3.68. The predicted molar refractivity (Wildman–Crippen MR) is 57.4 cm³/mol. The summed E-state index contributed by atoms with van der Waals surface area (Å²) in [6.45, 7) is 4.00. The van der Waals surface area contributed by atoms with Crippen LogP contribution in [0.25, 0.3) is 0 Å². The quantitative estimate of drug-likeness (QED) is 0.813. The molecule has 84 valence electrons. The molecular weight excluding hydrogens is 195 g/mol. The van der Waals surface area contributed by atoms with Crippen molar-refractivity contribution in [2.75, 3.05) is 6.61 Å². The normalized spacial score (nSPS) is 11.5. The van der Waals surface area contributed by atoms with Crippen LogP contribution >= 0.6 is 0 Å². The van der Waals surface area contributed by atoms with E-state index in [1.807, 2.05) is 13.8 Å². The highest BCUT2D eigenvalue weighted by molar-refractivity contribution is 5.22. The molecule has 0 aliphatic rings. The summed E-state index contributed by atoms with van der Waals surface area (Å²) in [7, 11) is 0. The number of hydrogen-bond acceptors (Lipinski definition) is 2. The van der Waals surface area contributed by atoms with E-state index in [-0.39, 0.29) is 12.4 Å². The van der Waals surface area contributed by atoms with E-state index in [4.69, 9.17) is 4.74 Å². The summed E-state index contributed by atoms with van der Waals surface area (Å²) in [4.78, 5) is 0. The Hall–Kier alpha value is -1.09. The van der Waals surface area contributed by atoms with Gasteiger partial charge in [-0.1, -0.05) is 19.9 Å². The molecule has 0 saturated heterocycles. The maximum Gasteiger partial charge on any atom is 0.126 e. The molecule has 0 atom stereocenters. The van der Waals surface area contributed by atoms with E-state index in [9.17, 15) is 9.50 Å². The molecule has 3 heteroatoms. The Morgan fingerprint density at radius 2 is 2.00 bits per heavy atom. The van der Waals surface area contributed by atoms with E-state index in [0.29, 0.717) is 18.6 Å². The first-order chi connectivity index (χ1) is 7.09. The van der Waals surface area contributed by atoms with E-state index >= 15 is 0 Å². The molecule has 0 heterocycles. The molecule has 1 N–H and O–H groups in total. The Morgan fingerprint density at radius 1 is 1.33 bits per heavy atom. The van der Waals surface area contributed by atoms with Crippen LogP contribution in [0.3, 0.4) is 0 Å². The van der Waals surface area contributed by atoms with Gasteiger partial charge in [-0.3, -0.25) is 0 Å². The molecule has 0 unspecified atom stereocenters. The van der Waals surface area contributed by atoms with Gasteiger partial charge in [0.05, 0.1) is 5.60 Å². The third-order valence-electron chi connectivity index (χ3n) is 2.62. The lowest BCUT2D eigenvalue weighted by Crippen LogP contribution is -2.34. The van der Waals surface area contributed by atoms with Crippen molar-refractivity contribution in [2.24, 2.45) is 0 Å². The average Bonchev–Trinajstić information content (AvgIpc) is 2.26. The fourth-order valence-corrected chi connectivity index (χ4v) is 1.23. The molecule has 0 fully saturated rings. The minimum absolute atomic E-state index is 0.198. The lowest BCUT2D eigenvalue weighted by molar-refractivity contribution is -0.0114. The molecule has 1 aromatic carbocycles. The van der Waals surface area contributed by atoms with Gasteiger partial charge in [0.15, 0.2) is 0 Å². The third kappa shape index (κ3) is 3.51. The maximum atomic E-state index is 12.8. The molecule has 1 aromatic rings. The van der Waals surface area contributed by atoms with Crippen LogP contribution in [-0.4, -0.2) is 17.3 Å². The van der Waals surface area contributed by atoms with Gasteiger partial charge in [-0.15, -0.1) is 0 Å². The summed E-state index contributed by atoms with van der Waals surface area (Å²) >= 11 is 0. The topological polar surface area (TPSA) is 29.5 Å². The van der Waals surface area contributed by atoms with Crippen molar-refractivity contribution in [3.8, 4) is 5.75 Å². The van der Waals surface area contributed by atoms with Crippen molar-refractivity contribution in [1.82, 2.24) is 0 Å². The Labute approximate surface area is 89.7 Å². The number of hydrogen-bond donors (Lipinski definition) is 1. The lowest BCUT2D eigenvalue weighted by Gasteiger charge is -2.25. The molecule has 0 aliphatic heterocycles. The second-order valence-corrected chi connectivity index (χ2v) is 3.68. The van der Waals surface area contributed by atoms with Crippen LogP contribution in [0.5, 0.6) is 5.75 Å². The van der Waals surface area contributed by atoms with E-state index in [2.05, 4.69) is 0 Å². The Morgan fingerprint density at radius 3 is 2.53 bits per heavy atom. The zero-order valence-corrected chi connectivity index (χ0v) is 9.16. The zero-order chi connectivity index (χ0) is 11.3. The first-order valence-electron chi connectivity index (χ1n) is 5.20. The Bertz CT molecular complexity index is 308. The van der Waals surface area contributed by atoms with Crippen molar-refractivity contribution in [3.05, 3.63) is 30.1 Å². The fraction of sp³-hybridized carbons (Fsp3) is 0.500. The SMILES string of the molecule is CCC(O)(CC)COc1cccc(F)c1. The van der Waals surface area contributed by atoms with Crippen molar-refractivity contribution >= 4 is 0 Å². The standard InChI is InChI=1S/C12H17FO2/c1-3-12(14,4-2)9-15-11-7-5-6-10(13)8-11/h5-8,14H,3-4,9H2,1-2H3. The molecule has 0 bridgehead atoms. The summed E-state index contributed by atoms with van der Waals surface area (Å²) in [6, 6.07) is 5.93. The van der Waals surface area contributed by atoms with Gasteiger partial charge in [-0.05, 0) is 25.0 Å². The molecule has 0 spiro atoms. The van der Waals surface area contributed by atoms with Gasteiger partial charge in [0.25, 0.3) is 0 Å². The van der Waals surface area contributed by atoms with Crippen LogP contribution in [0.2, 0.25) is 0 Å². The Kier molecular flexibility index (Phi) is 4.09. The van der Waals surface area contributed by atoms with Crippen molar-refractivity contribution in [3.63, 3.8) is 0 Å². The summed E-state index contributed by atoms with van der Waals surface area (Å²) in [6.07, 6.45) is 1.25. The van der Waals surface area contributed by atoms with Gasteiger partial charge >= 0.3 is 0 Å². The minimum Gasteiger partial charge on any atom is -0.490 e. The Balaban J connectivity index is 2.56. The van der Waals surface area contributed by atoms with Gasteiger partial charge < -0.3 is 9.84 Å². The molecule has 15 heavy (non-hydrogen) atoms. The van der Waals surface area contributed by atoms with Crippen LogP contribution in [0.4, 0.5) is 4.39 Å². The second kappa shape index (κ2) is 5.12. The molecule has 0 radical (unpaired) electrons. The molecule has 0 saturated carbocycles. The smallest absolute Gasteiger partial charge is 0.126 e. The maximum absolute atomic E-state index is 12.8. The van der Waals surface area contributed by atoms with E-state index in [0.717, 1.165) is 0 Å². The van der Waals surface area contributed by atoms with Gasteiger partial charge in [-0.2, -0.15) is 0 Å². The molecule has 2 nitrogen and oxygen atoms in total. The minimum atomic E-state index is -0.813. The number of halogens is 1. The van der Waals surface area contributed by atoms with Gasteiger partial charge in [0, 0.05) is 6.07 Å². The van der Waals surface area contributed by atoms with Crippen LogP contribution in [0, 0.1) is 5.82 Å². The summed E-state index contributed by atoms with van der Waals surface area (Å²) < 4.78 is 18.2. The zero-order valence-electron chi connectivity index (χ0n) is 9.16. The van der Waals surface area contributed by atoms with Gasteiger partial charge in [0.2, 0.25) is 0 Å². The number of aliphatic hydroxyl groups is 1. The molecule has 0 amide bonds. The highest BCUT2D eigenvalue weighted by atomic mass is 19.1. The number of rotatable bonds is 5. The molecule has 1 rings (SSSR count). The first kappa shape index (κ1) is 12.0. The van der Waals surface area contributed by atoms with Crippen LogP contribution in [0.1, 0.15) is 26.7 Å². The van der Waals surface area contributed by atoms with Crippen molar-refractivity contribution < 1.29 is 14.2 Å². The molecular formula is C12H17FO2. The highest BCUT2D eigenvalue weighted by Gasteiger charge is 2.22. The number of ether oxygens (including phenoxy) is 1. The summed E-state index contributed by atoms with van der Waals surface area (Å²) in [5.41, 5.74) is -0.813. The van der Waals surface area contributed by atoms with Gasteiger partial charge in [0.1, 0.15) is 18.2 Å². The van der Waals surface area contributed by atoms with E-state index in [1.165, 1.54) is 12.1 Å². The van der Waals surface area contributed by atoms with Crippen molar-refractivity contribution in [2.45, 2.75) is 32.3 Å². The predicted octanol–water partition coefficient (Wildman–Crippen LogP) is 2.76. The first-order valence-corrected chi connectivity index (χ1v) is 5.20. The van der Waals surface area contributed by atoms with E-state index < -0.39 is 5.60 Å². The largest absolute Gasteiger partial charge is 0.490 e. The van der Waals surface area contributed by atoms with E-state index in [1.54, 1.807) is 12.1 Å². The van der Waals surface area contributed by atoms with Crippen LogP contribution in [0.15, 0.2) is 24.3 Å². The van der Waals surface area contributed by atoms with Crippen LogP contribution < -0.4 is 4.74 Å². The van der Waals surface area contributed by atoms with Crippen LogP contribution in [-0.2, 0) is 0 Å². The summed E-state index contributed by atoms with van der Waals surface area (Å²) in [5.74, 6) is 0.124.